The molecule has 1 amide bonds. The Kier molecular flexibility index (Phi) is 5.30. The van der Waals surface area contributed by atoms with Gasteiger partial charge in [-0.1, -0.05) is 18.2 Å². The molecule has 26 heavy (non-hydrogen) atoms. The van der Waals surface area contributed by atoms with Gasteiger partial charge in [0.25, 0.3) is 0 Å². The molecule has 1 aromatic carbocycles. The molecular formula is C21H31N3O2. The van der Waals surface area contributed by atoms with E-state index < -0.39 is 0 Å². The van der Waals surface area contributed by atoms with Crippen LogP contribution in [-0.4, -0.2) is 73.2 Å². The molecule has 3 aliphatic rings. The second-order valence-electron chi connectivity index (χ2n) is 8.08. The Balaban J connectivity index is 1.52. The van der Waals surface area contributed by atoms with E-state index in [0.29, 0.717) is 19.1 Å². The highest BCUT2D eigenvalue weighted by atomic mass is 16.5. The Bertz CT molecular complexity index is 655. The van der Waals surface area contributed by atoms with Crippen molar-refractivity contribution in [2.75, 3.05) is 39.4 Å². The van der Waals surface area contributed by atoms with Gasteiger partial charge in [-0.3, -0.25) is 9.69 Å². The van der Waals surface area contributed by atoms with Crippen LogP contribution in [0.2, 0.25) is 0 Å². The second kappa shape index (κ2) is 7.67. The molecule has 4 rings (SSSR count). The SMILES string of the molecule is Cc1ccc(CC(=O)N2CCN[C@@H]3COC[C@H](N4CCCC4)C32)cc1C. The minimum atomic E-state index is 0.231. The summed E-state index contributed by atoms with van der Waals surface area (Å²) in [4.78, 5) is 17.9. The topological polar surface area (TPSA) is 44.8 Å². The Morgan fingerprint density at radius 3 is 2.73 bits per heavy atom. The fourth-order valence-electron chi connectivity index (χ4n) is 4.78. The Morgan fingerprint density at radius 2 is 1.96 bits per heavy atom. The van der Waals surface area contributed by atoms with Crippen LogP contribution in [0.1, 0.15) is 29.5 Å². The first kappa shape index (κ1) is 18.0. The van der Waals surface area contributed by atoms with Crippen LogP contribution in [0.3, 0.4) is 0 Å². The van der Waals surface area contributed by atoms with Crippen LogP contribution < -0.4 is 5.32 Å². The summed E-state index contributed by atoms with van der Waals surface area (Å²) in [6.45, 7) is 9.62. The largest absolute Gasteiger partial charge is 0.378 e. The van der Waals surface area contributed by atoms with Crippen LogP contribution in [0.15, 0.2) is 18.2 Å². The maximum Gasteiger partial charge on any atom is 0.227 e. The second-order valence-corrected chi connectivity index (χ2v) is 8.08. The predicted molar refractivity (Wildman–Crippen MR) is 102 cm³/mol. The first-order valence-corrected chi connectivity index (χ1v) is 10.0. The number of nitrogens with one attached hydrogen (secondary N) is 1. The van der Waals surface area contributed by atoms with Gasteiger partial charge in [0.15, 0.2) is 0 Å². The number of fused-ring (bicyclic) bond motifs is 1. The van der Waals surface area contributed by atoms with E-state index in [1.165, 1.54) is 24.0 Å². The van der Waals surface area contributed by atoms with Gasteiger partial charge in [-0.25, -0.2) is 0 Å². The van der Waals surface area contributed by atoms with E-state index in [-0.39, 0.29) is 18.0 Å². The maximum atomic E-state index is 13.2. The zero-order chi connectivity index (χ0) is 18.1. The molecule has 0 aliphatic carbocycles. The zero-order valence-electron chi connectivity index (χ0n) is 16.0. The van der Waals surface area contributed by atoms with Crippen molar-refractivity contribution in [3.05, 3.63) is 34.9 Å². The molecule has 0 saturated carbocycles. The molecule has 142 valence electrons. The Morgan fingerprint density at radius 1 is 1.15 bits per heavy atom. The van der Waals surface area contributed by atoms with Gasteiger partial charge in [0, 0.05) is 13.1 Å². The monoisotopic (exact) mass is 357 g/mol. The summed E-state index contributed by atoms with van der Waals surface area (Å²) in [7, 11) is 0. The Labute approximate surface area is 156 Å². The lowest BCUT2D eigenvalue weighted by atomic mass is 9.92. The lowest BCUT2D eigenvalue weighted by molar-refractivity contribution is -0.142. The highest BCUT2D eigenvalue weighted by molar-refractivity contribution is 5.79. The van der Waals surface area contributed by atoms with Gasteiger partial charge in [0.2, 0.25) is 5.91 Å². The lowest BCUT2D eigenvalue weighted by Crippen LogP contribution is -2.70. The number of amides is 1. The summed E-state index contributed by atoms with van der Waals surface area (Å²) in [6, 6.07) is 7.20. The molecule has 3 atom stereocenters. The summed E-state index contributed by atoms with van der Waals surface area (Å²) in [5, 5.41) is 3.59. The predicted octanol–water partition coefficient (Wildman–Crippen LogP) is 1.51. The van der Waals surface area contributed by atoms with Crippen molar-refractivity contribution in [2.45, 2.75) is 51.2 Å². The van der Waals surface area contributed by atoms with Gasteiger partial charge in [-0.2, -0.15) is 0 Å². The van der Waals surface area contributed by atoms with Gasteiger partial charge in [-0.05, 0) is 56.5 Å². The van der Waals surface area contributed by atoms with Gasteiger partial charge in [-0.15, -0.1) is 0 Å². The molecule has 3 fully saturated rings. The van der Waals surface area contributed by atoms with Crippen LogP contribution in [0.4, 0.5) is 0 Å². The van der Waals surface area contributed by atoms with Crippen LogP contribution in [0.5, 0.6) is 0 Å². The number of carbonyl (C=O) groups is 1. The third-order valence-electron chi connectivity index (χ3n) is 6.37. The summed E-state index contributed by atoms with van der Waals surface area (Å²) in [5.41, 5.74) is 3.66. The number of rotatable bonds is 3. The van der Waals surface area contributed by atoms with Crippen LogP contribution in [-0.2, 0) is 16.0 Å². The van der Waals surface area contributed by atoms with Gasteiger partial charge in [0.05, 0.1) is 37.8 Å². The molecule has 3 saturated heterocycles. The van der Waals surface area contributed by atoms with Crippen molar-refractivity contribution in [1.82, 2.24) is 15.1 Å². The third kappa shape index (κ3) is 3.53. The van der Waals surface area contributed by atoms with E-state index in [1.807, 2.05) is 0 Å². The fraction of sp³-hybridized carbons (Fsp3) is 0.667. The number of likely N-dealkylation sites (tertiary alicyclic amines) is 1. The van der Waals surface area contributed by atoms with Crippen LogP contribution >= 0.6 is 0 Å². The molecule has 5 nitrogen and oxygen atoms in total. The van der Waals surface area contributed by atoms with E-state index in [4.69, 9.17) is 4.74 Å². The highest BCUT2D eigenvalue weighted by Crippen LogP contribution is 2.26. The maximum absolute atomic E-state index is 13.2. The summed E-state index contributed by atoms with van der Waals surface area (Å²) < 4.78 is 5.90. The minimum Gasteiger partial charge on any atom is -0.378 e. The van der Waals surface area contributed by atoms with Gasteiger partial charge in [0.1, 0.15) is 0 Å². The van der Waals surface area contributed by atoms with Gasteiger partial charge < -0.3 is 15.0 Å². The van der Waals surface area contributed by atoms with E-state index in [2.05, 4.69) is 47.2 Å². The highest BCUT2D eigenvalue weighted by Gasteiger charge is 2.44. The van der Waals surface area contributed by atoms with E-state index >= 15 is 0 Å². The lowest BCUT2D eigenvalue weighted by Gasteiger charge is -2.50. The number of ether oxygens (including phenoxy) is 1. The first-order chi connectivity index (χ1) is 12.6. The molecule has 1 N–H and O–H groups in total. The van der Waals surface area contributed by atoms with Crippen molar-refractivity contribution in [1.29, 1.82) is 0 Å². The number of piperazine rings is 1. The fourth-order valence-corrected chi connectivity index (χ4v) is 4.78. The average Bonchev–Trinajstić information content (AvgIpc) is 3.18. The van der Waals surface area contributed by atoms with Crippen molar-refractivity contribution in [2.24, 2.45) is 0 Å². The quantitative estimate of drug-likeness (QED) is 0.891. The van der Waals surface area contributed by atoms with Crippen molar-refractivity contribution < 1.29 is 9.53 Å². The molecule has 5 heteroatoms. The van der Waals surface area contributed by atoms with E-state index in [1.54, 1.807) is 0 Å². The zero-order valence-corrected chi connectivity index (χ0v) is 16.0. The number of nitrogens with zero attached hydrogens (tertiary/aromatic N) is 2. The molecule has 3 aliphatic heterocycles. The smallest absolute Gasteiger partial charge is 0.227 e. The molecule has 3 heterocycles. The third-order valence-corrected chi connectivity index (χ3v) is 6.37. The van der Waals surface area contributed by atoms with Crippen LogP contribution in [0.25, 0.3) is 0 Å². The molecular weight excluding hydrogens is 326 g/mol. The minimum absolute atomic E-state index is 0.231. The number of benzene rings is 1. The van der Waals surface area contributed by atoms with E-state index in [9.17, 15) is 4.79 Å². The molecule has 0 radical (unpaired) electrons. The Hall–Kier alpha value is -1.43. The van der Waals surface area contributed by atoms with E-state index in [0.717, 1.165) is 38.3 Å². The molecule has 1 aromatic rings. The summed E-state index contributed by atoms with van der Waals surface area (Å²) in [5.74, 6) is 0.260. The molecule has 1 unspecified atom stereocenters. The number of hydrogen-bond acceptors (Lipinski definition) is 4. The van der Waals surface area contributed by atoms with Crippen molar-refractivity contribution in [3.63, 3.8) is 0 Å². The number of hydrogen-bond donors (Lipinski definition) is 1. The van der Waals surface area contributed by atoms with Gasteiger partial charge >= 0.3 is 0 Å². The van der Waals surface area contributed by atoms with Crippen molar-refractivity contribution in [3.8, 4) is 0 Å². The standard InChI is InChI=1S/C21H31N3O2/c1-15-5-6-17(11-16(15)2)12-20(25)24-10-7-22-18-13-26-14-19(21(18)24)23-8-3-4-9-23/h5-6,11,18-19,21-22H,3-4,7-10,12-14H2,1-2H3/t18-,19+,21?/m1/s1. The average molecular weight is 357 g/mol. The summed E-state index contributed by atoms with van der Waals surface area (Å²) >= 11 is 0. The number of carbonyl (C=O) groups excluding carboxylic acids is 1. The normalized spacial score (nSPS) is 29.6. The molecule has 0 bridgehead atoms. The number of aryl methyl sites for hydroxylation is 2. The molecule has 0 aromatic heterocycles. The van der Waals surface area contributed by atoms with Crippen LogP contribution in [0, 0.1) is 13.8 Å². The van der Waals surface area contributed by atoms with Crippen molar-refractivity contribution >= 4 is 5.91 Å². The first-order valence-electron chi connectivity index (χ1n) is 10.0. The molecule has 0 spiro atoms. The summed E-state index contributed by atoms with van der Waals surface area (Å²) in [6.07, 6.45) is 3.02.